The zero-order valence-electron chi connectivity index (χ0n) is 16.2. The van der Waals surface area contributed by atoms with Gasteiger partial charge in [-0.15, -0.1) is 0 Å². The third-order valence-electron chi connectivity index (χ3n) is 4.62. The van der Waals surface area contributed by atoms with Gasteiger partial charge in [-0.25, -0.2) is 4.68 Å². The van der Waals surface area contributed by atoms with Crippen LogP contribution in [0.3, 0.4) is 0 Å². The molecular formula is C21H14ClF3N2O4. The summed E-state index contributed by atoms with van der Waals surface area (Å²) in [6.45, 7) is 0. The van der Waals surface area contributed by atoms with Crippen molar-refractivity contribution in [1.82, 2.24) is 9.78 Å². The lowest BCUT2D eigenvalue weighted by molar-refractivity contribution is -0.152. The highest BCUT2D eigenvalue weighted by molar-refractivity contribution is 6.30. The van der Waals surface area contributed by atoms with E-state index < -0.39 is 22.9 Å². The molecule has 6 nitrogen and oxygen atoms in total. The quantitative estimate of drug-likeness (QED) is 0.420. The van der Waals surface area contributed by atoms with Crippen LogP contribution in [-0.4, -0.2) is 24.0 Å². The van der Waals surface area contributed by atoms with Crippen LogP contribution in [0.4, 0.5) is 13.2 Å². The molecule has 2 aromatic heterocycles. The molecule has 0 atom stereocenters. The van der Waals surface area contributed by atoms with Crippen molar-refractivity contribution < 1.29 is 27.1 Å². The maximum absolute atomic E-state index is 13.9. The Balaban J connectivity index is 1.99. The highest BCUT2D eigenvalue weighted by Gasteiger charge is 2.40. The molecule has 0 saturated heterocycles. The van der Waals surface area contributed by atoms with Crippen LogP contribution in [0.25, 0.3) is 27.8 Å². The van der Waals surface area contributed by atoms with Gasteiger partial charge in [-0.05, 0) is 36.4 Å². The second kappa shape index (κ2) is 7.66. The van der Waals surface area contributed by atoms with E-state index in [0.717, 1.165) is 0 Å². The van der Waals surface area contributed by atoms with Crippen LogP contribution in [0.2, 0.25) is 5.02 Å². The monoisotopic (exact) mass is 450 g/mol. The smallest absolute Gasteiger partial charge is 0.450 e. The van der Waals surface area contributed by atoms with Gasteiger partial charge in [0, 0.05) is 16.8 Å². The van der Waals surface area contributed by atoms with E-state index in [0.29, 0.717) is 10.7 Å². The lowest BCUT2D eigenvalue weighted by Crippen LogP contribution is -2.16. The highest BCUT2D eigenvalue weighted by atomic mass is 35.5. The van der Waals surface area contributed by atoms with E-state index in [1.165, 1.54) is 43.4 Å². The summed E-state index contributed by atoms with van der Waals surface area (Å²) in [5.74, 6) is -1.42. The fourth-order valence-corrected chi connectivity index (χ4v) is 3.34. The summed E-state index contributed by atoms with van der Waals surface area (Å²) in [5.41, 5.74) is -1.36. The molecule has 2 aromatic carbocycles. The van der Waals surface area contributed by atoms with Crippen molar-refractivity contribution in [3.8, 4) is 28.3 Å². The molecule has 0 unspecified atom stereocenters. The van der Waals surface area contributed by atoms with Crippen LogP contribution in [0, 0.1) is 0 Å². The van der Waals surface area contributed by atoms with Crippen LogP contribution < -0.4 is 14.9 Å². The number of hydrogen-bond donors (Lipinski definition) is 0. The molecule has 0 N–H and O–H groups in total. The molecule has 0 saturated carbocycles. The number of rotatable bonds is 4. The number of fused-ring (bicyclic) bond motifs is 1. The van der Waals surface area contributed by atoms with Gasteiger partial charge in [0.25, 0.3) is 0 Å². The van der Waals surface area contributed by atoms with E-state index in [-0.39, 0.29) is 28.0 Å². The van der Waals surface area contributed by atoms with Crippen molar-refractivity contribution in [2.45, 2.75) is 6.18 Å². The van der Waals surface area contributed by atoms with Crippen LogP contribution in [0.5, 0.6) is 11.5 Å². The molecule has 2 heterocycles. The average Bonchev–Trinajstić information content (AvgIpc) is 3.22. The number of aromatic nitrogens is 2. The molecule has 0 aliphatic rings. The van der Waals surface area contributed by atoms with Crippen molar-refractivity contribution >= 4 is 22.6 Å². The van der Waals surface area contributed by atoms with Gasteiger partial charge in [0.2, 0.25) is 16.9 Å². The Hall–Kier alpha value is -3.46. The number of hydrogen-bond acceptors (Lipinski definition) is 5. The Morgan fingerprint density at radius 3 is 2.39 bits per heavy atom. The van der Waals surface area contributed by atoms with E-state index in [9.17, 15) is 18.0 Å². The lowest BCUT2D eigenvalue weighted by atomic mass is 10.0. The molecule has 0 amide bonds. The van der Waals surface area contributed by atoms with Gasteiger partial charge in [0.05, 0.1) is 37.1 Å². The van der Waals surface area contributed by atoms with Gasteiger partial charge in [-0.3, -0.25) is 4.79 Å². The molecule has 0 bridgehead atoms. The zero-order chi connectivity index (χ0) is 22.3. The normalized spacial score (nSPS) is 11.7. The molecule has 0 spiro atoms. The predicted molar refractivity (Wildman–Crippen MR) is 108 cm³/mol. The van der Waals surface area contributed by atoms with Crippen molar-refractivity contribution in [3.63, 3.8) is 0 Å². The SMILES string of the molecule is COc1ccc2c(=O)c(-c3cnn(-c4ccc(Cl)cc4)c3)c(C(F)(F)F)oc2c1OC. The van der Waals surface area contributed by atoms with Crippen LogP contribution in [0.1, 0.15) is 5.76 Å². The number of halogens is 4. The summed E-state index contributed by atoms with van der Waals surface area (Å²) in [5, 5.41) is 4.49. The molecule has 0 radical (unpaired) electrons. The Morgan fingerprint density at radius 2 is 1.77 bits per heavy atom. The van der Waals surface area contributed by atoms with Gasteiger partial charge in [-0.2, -0.15) is 18.3 Å². The minimum Gasteiger partial charge on any atom is -0.493 e. The molecule has 4 rings (SSSR count). The minimum absolute atomic E-state index is 0.0484. The maximum atomic E-state index is 13.9. The molecule has 10 heteroatoms. The van der Waals surface area contributed by atoms with E-state index in [1.54, 1.807) is 24.3 Å². The molecule has 31 heavy (non-hydrogen) atoms. The van der Waals surface area contributed by atoms with Crippen molar-refractivity contribution in [3.05, 3.63) is 69.8 Å². The third-order valence-corrected chi connectivity index (χ3v) is 4.87. The van der Waals surface area contributed by atoms with Crippen molar-refractivity contribution in [1.29, 1.82) is 0 Å². The largest absolute Gasteiger partial charge is 0.493 e. The second-order valence-electron chi connectivity index (χ2n) is 6.46. The maximum Gasteiger partial charge on any atom is 0.450 e. The van der Waals surface area contributed by atoms with E-state index in [1.807, 2.05) is 0 Å². The molecule has 0 fully saturated rings. The second-order valence-corrected chi connectivity index (χ2v) is 6.90. The number of benzene rings is 2. The van der Waals surface area contributed by atoms with Crippen LogP contribution in [-0.2, 0) is 6.18 Å². The van der Waals surface area contributed by atoms with E-state index in [4.69, 9.17) is 25.5 Å². The topological polar surface area (TPSA) is 66.5 Å². The number of ether oxygens (including phenoxy) is 2. The Morgan fingerprint density at radius 1 is 1.06 bits per heavy atom. The molecule has 0 aliphatic carbocycles. The first-order chi connectivity index (χ1) is 14.7. The first kappa shape index (κ1) is 20.8. The standard InChI is InChI=1S/C21H14ClF3N2O4/c1-29-15-8-7-14-17(28)16(20(21(23,24)25)31-18(14)19(15)30-2)11-9-26-27(10-11)13-5-3-12(22)4-6-13/h3-10H,1-2H3. The number of nitrogens with zero attached hydrogens (tertiary/aromatic N) is 2. The summed E-state index contributed by atoms with van der Waals surface area (Å²) in [6.07, 6.45) is -2.46. The van der Waals surface area contributed by atoms with Crippen molar-refractivity contribution in [2.75, 3.05) is 14.2 Å². The summed E-state index contributed by atoms with van der Waals surface area (Å²) in [4.78, 5) is 13.1. The van der Waals surface area contributed by atoms with Crippen LogP contribution >= 0.6 is 11.6 Å². The first-order valence-corrected chi connectivity index (χ1v) is 9.22. The average molecular weight is 451 g/mol. The predicted octanol–water partition coefficient (Wildman–Crippen LogP) is 5.34. The van der Waals surface area contributed by atoms with Gasteiger partial charge in [0.1, 0.15) is 0 Å². The van der Waals surface area contributed by atoms with Gasteiger partial charge in [0.15, 0.2) is 11.3 Å². The molecule has 160 valence electrons. The van der Waals surface area contributed by atoms with Gasteiger partial charge in [-0.1, -0.05) is 11.6 Å². The summed E-state index contributed by atoms with van der Waals surface area (Å²) >= 11 is 5.87. The Kier molecular flexibility index (Phi) is 5.14. The van der Waals surface area contributed by atoms with Gasteiger partial charge < -0.3 is 13.9 Å². The van der Waals surface area contributed by atoms with Crippen LogP contribution in [0.15, 0.2) is 58.0 Å². The minimum atomic E-state index is -4.95. The van der Waals surface area contributed by atoms with Gasteiger partial charge >= 0.3 is 6.18 Å². The summed E-state index contributed by atoms with van der Waals surface area (Å²) < 4.78 is 58.4. The van der Waals surface area contributed by atoms with Crippen molar-refractivity contribution in [2.24, 2.45) is 0 Å². The fourth-order valence-electron chi connectivity index (χ4n) is 3.22. The number of alkyl halides is 3. The molecular weight excluding hydrogens is 437 g/mol. The lowest BCUT2D eigenvalue weighted by Gasteiger charge is -2.14. The molecule has 0 aliphatic heterocycles. The first-order valence-electron chi connectivity index (χ1n) is 8.84. The Bertz CT molecular complexity index is 1330. The number of methoxy groups -OCH3 is 2. The highest BCUT2D eigenvalue weighted by Crippen LogP contribution is 2.41. The fraction of sp³-hybridized carbons (Fsp3) is 0.143. The zero-order valence-corrected chi connectivity index (χ0v) is 16.9. The summed E-state index contributed by atoms with van der Waals surface area (Å²) in [7, 11) is 2.57. The molecule has 4 aromatic rings. The van der Waals surface area contributed by atoms with E-state index in [2.05, 4.69) is 5.10 Å². The Labute approximate surface area is 178 Å². The third kappa shape index (κ3) is 3.61. The summed E-state index contributed by atoms with van der Waals surface area (Å²) in [6, 6.07) is 9.27. The van der Waals surface area contributed by atoms with E-state index >= 15 is 0 Å².